The van der Waals surface area contributed by atoms with Crippen LogP contribution in [0.3, 0.4) is 0 Å². The molecule has 1 heterocycles. The second-order valence-corrected chi connectivity index (χ2v) is 5.53. The smallest absolute Gasteiger partial charge is 0.321 e. The Labute approximate surface area is 125 Å². The molecular formula is C14H25N3O4. The maximum Gasteiger partial charge on any atom is 0.321 e. The Bertz CT molecular complexity index is 367. The zero-order valence-electron chi connectivity index (χ0n) is 12.6. The van der Waals surface area contributed by atoms with Gasteiger partial charge in [0.25, 0.3) is 0 Å². The van der Waals surface area contributed by atoms with Crippen LogP contribution in [0.25, 0.3) is 0 Å². The van der Waals surface area contributed by atoms with Gasteiger partial charge in [0, 0.05) is 25.4 Å². The van der Waals surface area contributed by atoms with Gasteiger partial charge >= 0.3 is 12.0 Å². The predicted molar refractivity (Wildman–Crippen MR) is 77.9 cm³/mol. The highest BCUT2D eigenvalue weighted by Gasteiger charge is 2.16. The third-order valence-electron chi connectivity index (χ3n) is 3.41. The molecule has 1 aliphatic heterocycles. The summed E-state index contributed by atoms with van der Waals surface area (Å²) in [5.74, 6) is -1.39. The minimum atomic E-state index is -0.942. The Morgan fingerprint density at radius 1 is 1.14 bits per heavy atom. The van der Waals surface area contributed by atoms with Crippen LogP contribution in [-0.2, 0) is 9.59 Å². The van der Waals surface area contributed by atoms with Gasteiger partial charge in [-0.15, -0.1) is 0 Å². The fourth-order valence-electron chi connectivity index (χ4n) is 2.42. The summed E-state index contributed by atoms with van der Waals surface area (Å²) in [5.41, 5.74) is 0. The van der Waals surface area contributed by atoms with E-state index in [1.807, 2.05) is 6.92 Å². The highest BCUT2D eigenvalue weighted by atomic mass is 16.4. The molecule has 1 unspecified atom stereocenters. The second kappa shape index (κ2) is 9.33. The number of aliphatic carboxylic acids is 1. The van der Waals surface area contributed by atoms with E-state index in [2.05, 4.69) is 15.5 Å². The van der Waals surface area contributed by atoms with Crippen LogP contribution in [0, 0.1) is 0 Å². The lowest BCUT2D eigenvalue weighted by Crippen LogP contribution is -2.48. The van der Waals surface area contributed by atoms with Gasteiger partial charge in [-0.2, -0.15) is 0 Å². The van der Waals surface area contributed by atoms with Crippen LogP contribution >= 0.6 is 0 Å². The number of rotatable bonds is 7. The van der Waals surface area contributed by atoms with Gasteiger partial charge in [-0.1, -0.05) is 6.42 Å². The largest absolute Gasteiger partial charge is 0.481 e. The Balaban J connectivity index is 2.16. The molecule has 1 atom stereocenters. The molecule has 1 rings (SSSR count). The van der Waals surface area contributed by atoms with Crippen molar-refractivity contribution < 1.29 is 19.5 Å². The number of hydrogen-bond acceptors (Lipinski definition) is 4. The molecule has 120 valence electrons. The lowest BCUT2D eigenvalue weighted by Gasteiger charge is -2.29. The number of carbonyl (C=O) groups excluding carboxylic acids is 2. The molecule has 0 radical (unpaired) electrons. The number of nitrogens with one attached hydrogen (secondary N) is 2. The summed E-state index contributed by atoms with van der Waals surface area (Å²) in [4.78, 5) is 35.7. The number of amides is 3. The average molecular weight is 299 g/mol. The number of carboxylic acid groups (broad SMARTS) is 1. The fraction of sp³-hybridized carbons (Fsp3) is 0.786. The molecule has 7 nitrogen and oxygen atoms in total. The molecule has 0 bridgehead atoms. The molecule has 1 fully saturated rings. The maximum absolute atomic E-state index is 11.6. The van der Waals surface area contributed by atoms with E-state index >= 15 is 0 Å². The van der Waals surface area contributed by atoms with Crippen LogP contribution in [0.5, 0.6) is 0 Å². The molecule has 1 saturated heterocycles. The molecule has 0 aromatic rings. The molecule has 21 heavy (non-hydrogen) atoms. The quantitative estimate of drug-likeness (QED) is 0.650. The summed E-state index contributed by atoms with van der Waals surface area (Å²) in [6, 6.07) is -0.547. The second-order valence-electron chi connectivity index (χ2n) is 5.53. The number of hydrogen-bond donors (Lipinski definition) is 3. The number of piperidine rings is 1. The van der Waals surface area contributed by atoms with Gasteiger partial charge in [0.15, 0.2) is 0 Å². The van der Waals surface area contributed by atoms with E-state index in [1.165, 1.54) is 19.3 Å². The minimum absolute atomic E-state index is 0.0325. The first-order valence-corrected chi connectivity index (χ1v) is 7.52. The van der Waals surface area contributed by atoms with Crippen LogP contribution in [0.15, 0.2) is 0 Å². The van der Waals surface area contributed by atoms with Crippen LogP contribution in [-0.4, -0.2) is 53.6 Å². The van der Waals surface area contributed by atoms with Gasteiger partial charge in [0.05, 0.1) is 0 Å². The zero-order valence-corrected chi connectivity index (χ0v) is 12.6. The summed E-state index contributed by atoms with van der Waals surface area (Å²) in [5, 5.41) is 13.4. The Morgan fingerprint density at radius 2 is 1.81 bits per heavy atom. The molecule has 1 aliphatic rings. The van der Waals surface area contributed by atoms with E-state index in [4.69, 9.17) is 5.11 Å². The highest BCUT2D eigenvalue weighted by Crippen LogP contribution is 2.08. The van der Waals surface area contributed by atoms with E-state index in [0.717, 1.165) is 19.6 Å². The lowest BCUT2D eigenvalue weighted by molar-refractivity contribution is -0.137. The SMILES string of the molecule is CC(CN1CCCCC1)NC(=O)NC(=O)CCCC(=O)O. The molecule has 0 saturated carbocycles. The van der Waals surface area contributed by atoms with Crippen LogP contribution in [0.2, 0.25) is 0 Å². The van der Waals surface area contributed by atoms with Gasteiger partial charge in [-0.25, -0.2) is 4.79 Å². The number of imide groups is 1. The standard InChI is InChI=1S/C14H25N3O4/c1-11(10-17-8-3-2-4-9-17)15-14(21)16-12(18)6-5-7-13(19)20/h11H,2-10H2,1H3,(H,19,20)(H2,15,16,18,21). The van der Waals surface area contributed by atoms with E-state index < -0.39 is 17.9 Å². The first-order valence-electron chi connectivity index (χ1n) is 7.52. The molecule has 3 N–H and O–H groups in total. The fourth-order valence-corrected chi connectivity index (χ4v) is 2.42. The Morgan fingerprint density at radius 3 is 2.43 bits per heavy atom. The van der Waals surface area contributed by atoms with E-state index in [9.17, 15) is 14.4 Å². The molecular weight excluding hydrogens is 274 g/mol. The highest BCUT2D eigenvalue weighted by molar-refractivity contribution is 5.94. The summed E-state index contributed by atoms with van der Waals surface area (Å²) in [6.07, 6.45) is 3.87. The third kappa shape index (κ3) is 8.29. The van der Waals surface area contributed by atoms with E-state index in [-0.39, 0.29) is 25.3 Å². The Hall–Kier alpha value is -1.63. The molecule has 0 spiro atoms. The van der Waals surface area contributed by atoms with Crippen molar-refractivity contribution >= 4 is 17.9 Å². The van der Waals surface area contributed by atoms with Crippen molar-refractivity contribution in [3.8, 4) is 0 Å². The minimum Gasteiger partial charge on any atom is -0.481 e. The van der Waals surface area contributed by atoms with E-state index in [0.29, 0.717) is 0 Å². The van der Waals surface area contributed by atoms with Gasteiger partial charge in [0.2, 0.25) is 5.91 Å². The first kappa shape index (κ1) is 17.4. The molecule has 0 aromatic carbocycles. The van der Waals surface area contributed by atoms with Crippen molar-refractivity contribution in [1.29, 1.82) is 0 Å². The summed E-state index contributed by atoms with van der Waals surface area (Å²) in [7, 11) is 0. The van der Waals surface area contributed by atoms with Crippen LogP contribution in [0.4, 0.5) is 4.79 Å². The van der Waals surface area contributed by atoms with Gasteiger partial charge in [-0.3, -0.25) is 14.9 Å². The van der Waals surface area contributed by atoms with Gasteiger partial charge in [-0.05, 0) is 39.3 Å². The van der Waals surface area contributed by atoms with Crippen LogP contribution < -0.4 is 10.6 Å². The normalized spacial score (nSPS) is 17.0. The lowest BCUT2D eigenvalue weighted by atomic mass is 10.1. The number of carbonyl (C=O) groups is 3. The molecule has 0 aliphatic carbocycles. The summed E-state index contributed by atoms with van der Waals surface area (Å²) < 4.78 is 0. The van der Waals surface area contributed by atoms with E-state index in [1.54, 1.807) is 0 Å². The maximum atomic E-state index is 11.6. The van der Waals surface area contributed by atoms with Gasteiger partial charge < -0.3 is 15.3 Å². The predicted octanol–water partition coefficient (Wildman–Crippen LogP) is 0.941. The third-order valence-corrected chi connectivity index (χ3v) is 3.41. The van der Waals surface area contributed by atoms with Crippen molar-refractivity contribution in [2.45, 2.75) is 51.5 Å². The summed E-state index contributed by atoms with van der Waals surface area (Å²) in [6.45, 7) is 4.80. The van der Waals surface area contributed by atoms with Crippen molar-refractivity contribution in [3.63, 3.8) is 0 Å². The average Bonchev–Trinajstić information content (AvgIpc) is 2.38. The summed E-state index contributed by atoms with van der Waals surface area (Å²) >= 11 is 0. The Kier molecular flexibility index (Phi) is 7.74. The monoisotopic (exact) mass is 299 g/mol. The van der Waals surface area contributed by atoms with Crippen molar-refractivity contribution in [1.82, 2.24) is 15.5 Å². The van der Waals surface area contributed by atoms with Crippen LogP contribution in [0.1, 0.15) is 45.4 Å². The molecule has 0 aromatic heterocycles. The number of urea groups is 1. The topological polar surface area (TPSA) is 98.7 Å². The number of likely N-dealkylation sites (tertiary alicyclic amines) is 1. The molecule has 7 heteroatoms. The van der Waals surface area contributed by atoms with Crippen molar-refractivity contribution in [2.24, 2.45) is 0 Å². The first-order chi connectivity index (χ1) is 9.97. The number of nitrogens with zero attached hydrogens (tertiary/aromatic N) is 1. The van der Waals surface area contributed by atoms with Crippen molar-refractivity contribution in [2.75, 3.05) is 19.6 Å². The van der Waals surface area contributed by atoms with Gasteiger partial charge in [0.1, 0.15) is 0 Å². The van der Waals surface area contributed by atoms with Crippen molar-refractivity contribution in [3.05, 3.63) is 0 Å². The number of carboxylic acids is 1. The molecule has 3 amide bonds. The zero-order chi connectivity index (χ0) is 15.7.